The van der Waals surface area contributed by atoms with Gasteiger partial charge in [-0.3, -0.25) is 14.2 Å². The van der Waals surface area contributed by atoms with Gasteiger partial charge in [-0.2, -0.15) is 32.1 Å². The first-order valence-electron chi connectivity index (χ1n) is 19.7. The number of nitrogens with one attached hydrogen (secondary N) is 1. The van der Waals surface area contributed by atoms with Gasteiger partial charge in [0.15, 0.2) is 21.3 Å². The number of sulfonamides is 1. The number of fused-ring (bicyclic) bond motifs is 4. The number of sulfone groups is 1. The molecule has 346 valence electrons. The molecule has 12 nitrogen and oxygen atoms in total. The maximum absolute atomic E-state index is 16.2. The molecule has 0 spiro atoms. The molecule has 0 aliphatic heterocycles. The Morgan fingerprint density at radius 3 is 2.25 bits per heavy atom. The summed E-state index contributed by atoms with van der Waals surface area (Å²) in [4.78, 5) is 18.5. The second-order valence-corrected chi connectivity index (χ2v) is 21.7. The predicted octanol–water partition coefficient (Wildman–Crippen LogP) is 7.85. The number of hydrogen-bond acceptors (Lipinski definition) is 8. The van der Waals surface area contributed by atoms with Crippen LogP contribution in [-0.2, 0) is 49.7 Å². The summed E-state index contributed by atoms with van der Waals surface area (Å²) in [5.41, 5.74) is 0.414. The van der Waals surface area contributed by atoms with E-state index in [1.807, 2.05) is 0 Å². The first-order valence-corrected chi connectivity index (χ1v) is 23.5. The third kappa shape index (κ3) is 8.41. The van der Waals surface area contributed by atoms with E-state index in [-0.39, 0.29) is 49.4 Å². The molecule has 3 aromatic heterocycles. The van der Waals surface area contributed by atoms with Crippen LogP contribution in [0.25, 0.3) is 22.0 Å². The zero-order valence-electron chi connectivity index (χ0n) is 34.0. The molecular formula is C41H35ClF9N7O5S2. The fourth-order valence-electron chi connectivity index (χ4n) is 8.25. The highest BCUT2D eigenvalue weighted by atomic mass is 35.5. The topological polar surface area (TPSA) is 172 Å². The molecule has 3 heterocycles. The zero-order chi connectivity index (χ0) is 47.5. The van der Waals surface area contributed by atoms with Crippen molar-refractivity contribution >= 4 is 54.1 Å². The van der Waals surface area contributed by atoms with Crippen LogP contribution in [0.15, 0.2) is 42.5 Å². The van der Waals surface area contributed by atoms with Gasteiger partial charge < -0.3 is 5.73 Å². The Balaban J connectivity index is 1.46. The van der Waals surface area contributed by atoms with Crippen molar-refractivity contribution in [2.75, 3.05) is 11.0 Å². The molecule has 0 saturated heterocycles. The molecular weight excluding hydrogens is 941 g/mol. The zero-order valence-corrected chi connectivity index (χ0v) is 36.4. The van der Waals surface area contributed by atoms with E-state index in [9.17, 15) is 52.4 Å². The molecule has 8 rings (SSSR count). The van der Waals surface area contributed by atoms with Crippen molar-refractivity contribution in [3.63, 3.8) is 0 Å². The number of carbonyl (C=O) groups excluding carboxylic acids is 1. The van der Waals surface area contributed by atoms with E-state index in [2.05, 4.69) is 31.7 Å². The Bertz CT molecular complexity index is 3090. The summed E-state index contributed by atoms with van der Waals surface area (Å²) in [6.45, 7) is 1.36. The normalized spacial score (nSPS) is 19.1. The highest BCUT2D eigenvalue weighted by molar-refractivity contribution is 7.93. The van der Waals surface area contributed by atoms with Crippen molar-refractivity contribution in [2.24, 2.45) is 11.7 Å². The van der Waals surface area contributed by atoms with E-state index in [1.165, 1.54) is 38.1 Å². The number of amides is 1. The third-order valence-electron chi connectivity index (χ3n) is 11.8. The van der Waals surface area contributed by atoms with Crippen molar-refractivity contribution in [1.29, 1.82) is 0 Å². The van der Waals surface area contributed by atoms with Crippen molar-refractivity contribution in [3.05, 3.63) is 93.0 Å². The minimum atomic E-state index is -5.33. The van der Waals surface area contributed by atoms with E-state index in [0.29, 0.717) is 18.9 Å². The van der Waals surface area contributed by atoms with E-state index >= 15 is 8.78 Å². The molecule has 3 aliphatic carbocycles. The molecule has 0 radical (unpaired) electrons. The average molecular weight is 976 g/mol. The number of pyridine rings is 1. The molecule has 2 aromatic carbocycles. The number of nitrogens with zero attached hydrogens (tertiary/aromatic N) is 5. The van der Waals surface area contributed by atoms with Crippen molar-refractivity contribution in [3.8, 4) is 23.0 Å². The fourth-order valence-corrected chi connectivity index (χ4v) is 10.1. The Kier molecular flexibility index (Phi) is 11.1. The quantitative estimate of drug-likeness (QED) is 0.0888. The van der Waals surface area contributed by atoms with Crippen molar-refractivity contribution < 1.29 is 61.1 Å². The number of benzene rings is 2. The van der Waals surface area contributed by atoms with Crippen LogP contribution >= 0.6 is 11.6 Å². The number of halogens is 10. The highest BCUT2D eigenvalue weighted by Gasteiger charge is 2.69. The Morgan fingerprint density at radius 1 is 1.02 bits per heavy atom. The van der Waals surface area contributed by atoms with Gasteiger partial charge in [0, 0.05) is 40.8 Å². The molecule has 65 heavy (non-hydrogen) atoms. The minimum absolute atomic E-state index is 0.153. The summed E-state index contributed by atoms with van der Waals surface area (Å²) in [6, 6.07) is 4.60. The molecule has 5 aromatic rings. The van der Waals surface area contributed by atoms with Gasteiger partial charge in [0.2, 0.25) is 15.9 Å². The first kappa shape index (κ1) is 46.2. The third-order valence-corrected chi connectivity index (χ3v) is 15.9. The van der Waals surface area contributed by atoms with Gasteiger partial charge in [0.05, 0.1) is 26.9 Å². The summed E-state index contributed by atoms with van der Waals surface area (Å²) in [5.74, 6) is -7.99. The van der Waals surface area contributed by atoms with Crippen LogP contribution in [0.1, 0.15) is 84.9 Å². The SMILES string of the molecule is CC(C)(C#Cc1ccc(-c2ccc(Cl)c3c(NS(=O)(=O)C4CC4)nn(CC(F)F)c23)c([C@@H](Cc2cc(F)cc(F)c2)C(C(N)=O)n2nc(C(F)(F)F)c3c2C(F)(F)[C@@H]2C[C@H]32)n1)S(C)(=O)=O. The number of hydrogen-bond donors (Lipinski definition) is 2. The van der Waals surface area contributed by atoms with Crippen molar-refractivity contribution in [1.82, 2.24) is 24.5 Å². The van der Waals surface area contributed by atoms with Gasteiger partial charge in [-0.25, -0.2) is 44.1 Å². The summed E-state index contributed by atoms with van der Waals surface area (Å²) in [7, 11) is -8.00. The Hall–Kier alpha value is -5.34. The van der Waals surface area contributed by atoms with E-state index < -0.39 is 131 Å². The molecule has 3 N–H and O–H groups in total. The lowest BCUT2D eigenvalue weighted by atomic mass is 9.84. The van der Waals surface area contributed by atoms with Crippen LogP contribution in [0.3, 0.4) is 0 Å². The fraction of sp³-hybridized carbons (Fsp3) is 0.415. The molecule has 24 heteroatoms. The van der Waals surface area contributed by atoms with Gasteiger partial charge in [-0.05, 0) is 87.3 Å². The largest absolute Gasteiger partial charge is 0.435 e. The average Bonchev–Trinajstić information content (AvgIpc) is 4.10. The Morgan fingerprint density at radius 2 is 1.66 bits per heavy atom. The van der Waals surface area contributed by atoms with Gasteiger partial charge in [0.1, 0.15) is 40.4 Å². The smallest absolute Gasteiger partial charge is 0.368 e. The molecule has 2 fully saturated rings. The van der Waals surface area contributed by atoms with E-state index in [1.54, 1.807) is 0 Å². The molecule has 4 atom stereocenters. The lowest BCUT2D eigenvalue weighted by molar-refractivity contribution is -0.142. The van der Waals surface area contributed by atoms with Gasteiger partial charge in [-0.1, -0.05) is 23.6 Å². The molecule has 0 bridgehead atoms. The minimum Gasteiger partial charge on any atom is -0.368 e. The van der Waals surface area contributed by atoms with Crippen LogP contribution in [-0.4, -0.2) is 70.0 Å². The number of carbonyl (C=O) groups is 1. The number of rotatable bonds is 13. The maximum atomic E-state index is 16.2. The second kappa shape index (κ2) is 15.6. The Labute approximate surface area is 369 Å². The molecule has 3 aliphatic rings. The second-order valence-electron chi connectivity index (χ2n) is 16.8. The number of nitrogens with two attached hydrogens (primary N) is 1. The molecule has 1 amide bonds. The summed E-state index contributed by atoms with van der Waals surface area (Å²) in [5, 5.41) is 6.46. The lowest BCUT2D eigenvalue weighted by Crippen LogP contribution is -2.37. The monoisotopic (exact) mass is 975 g/mol. The molecule has 1 unspecified atom stereocenters. The number of aromatic nitrogens is 5. The summed E-state index contributed by atoms with van der Waals surface area (Å²) in [6.07, 6.45) is -8.08. The van der Waals surface area contributed by atoms with Gasteiger partial charge in [0.25, 0.3) is 12.3 Å². The van der Waals surface area contributed by atoms with E-state index in [4.69, 9.17) is 17.3 Å². The lowest BCUT2D eigenvalue weighted by Gasteiger charge is -2.29. The van der Waals surface area contributed by atoms with Crippen LogP contribution in [0.2, 0.25) is 5.02 Å². The van der Waals surface area contributed by atoms with Gasteiger partial charge >= 0.3 is 6.18 Å². The summed E-state index contributed by atoms with van der Waals surface area (Å²) < 4.78 is 188. The predicted molar refractivity (Wildman–Crippen MR) is 218 cm³/mol. The van der Waals surface area contributed by atoms with Gasteiger partial charge in [-0.15, -0.1) is 0 Å². The standard InChI is InChI=1S/C41H35ClF9N7O5S2/c1-39(2,64(3,60)61)11-10-21-4-7-23(24-8-9-28(42)31-33(24)57(17-29(45)46)55-38(31)56-65(62,63)22-5-6-22)32(53-21)26(14-18-12-19(43)15-20(44)13-18)34(37(52)59)58-36-30(35(54-58)41(49,50)51)25-16-27(25)40(36,47)48/h4,7-9,12-13,15,22,25-27,29,34H,5-6,14,16-17H2,1-3H3,(H2,52,59)(H,55,56)/t25-,26+,27+,34?/m0/s1. The molecule has 2 saturated carbocycles. The highest BCUT2D eigenvalue weighted by Crippen LogP contribution is 2.69. The number of primary amides is 1. The summed E-state index contributed by atoms with van der Waals surface area (Å²) >= 11 is 6.62. The number of alkyl halides is 7. The maximum Gasteiger partial charge on any atom is 0.435 e. The number of anilines is 1. The van der Waals surface area contributed by atoms with Crippen LogP contribution in [0.5, 0.6) is 0 Å². The van der Waals surface area contributed by atoms with Crippen LogP contribution in [0, 0.1) is 29.4 Å². The van der Waals surface area contributed by atoms with Crippen LogP contribution in [0.4, 0.5) is 45.3 Å². The van der Waals surface area contributed by atoms with E-state index in [0.717, 1.165) is 23.1 Å². The van der Waals surface area contributed by atoms with Crippen molar-refractivity contribution in [2.45, 2.75) is 92.5 Å². The first-order chi connectivity index (χ1) is 30.1. The van der Waals surface area contributed by atoms with Crippen LogP contribution < -0.4 is 10.5 Å².